The minimum atomic E-state index is -0.834. The Bertz CT molecular complexity index is 990. The lowest BCUT2D eigenvalue weighted by molar-refractivity contribution is 0.0844. The standard InChI is InChI=1S/C19H21N3O4/c1-12-4-3-5-15(8-12)26-11-14(23)10-20-18(24)13-6-7-17-16(9-13)21-19(25)22(17)2/h3-9,14,23H,10-11H2,1-2H3,(H,20,24)(H,21,25)/t14-/m1/s1. The maximum Gasteiger partial charge on any atom is 0.326 e. The number of amides is 1. The molecule has 7 heteroatoms. The highest BCUT2D eigenvalue weighted by Gasteiger charge is 2.12. The van der Waals surface area contributed by atoms with E-state index in [1.165, 1.54) is 4.57 Å². The van der Waals surface area contributed by atoms with E-state index in [4.69, 9.17) is 4.74 Å². The fraction of sp³-hybridized carbons (Fsp3) is 0.263. The number of hydrogen-bond donors (Lipinski definition) is 3. The number of nitrogens with zero attached hydrogens (tertiary/aromatic N) is 1. The molecule has 0 unspecified atom stereocenters. The van der Waals surface area contributed by atoms with Crippen molar-refractivity contribution >= 4 is 16.9 Å². The highest BCUT2D eigenvalue weighted by molar-refractivity contribution is 5.97. The van der Waals surface area contributed by atoms with Gasteiger partial charge in [0.25, 0.3) is 5.91 Å². The Hall–Kier alpha value is -3.06. The minimum absolute atomic E-state index is 0.0635. The first-order valence-electron chi connectivity index (χ1n) is 8.28. The Morgan fingerprint density at radius 1 is 1.31 bits per heavy atom. The molecule has 26 heavy (non-hydrogen) atoms. The van der Waals surface area contributed by atoms with E-state index in [-0.39, 0.29) is 24.7 Å². The van der Waals surface area contributed by atoms with Crippen molar-refractivity contribution in [1.29, 1.82) is 0 Å². The number of carbonyl (C=O) groups is 1. The number of carbonyl (C=O) groups excluding carboxylic acids is 1. The summed E-state index contributed by atoms with van der Waals surface area (Å²) in [6, 6.07) is 12.5. The molecule has 0 aliphatic rings. The van der Waals surface area contributed by atoms with Crippen molar-refractivity contribution in [2.24, 2.45) is 7.05 Å². The summed E-state index contributed by atoms with van der Waals surface area (Å²) in [5.74, 6) is 0.347. The molecule has 1 aromatic heterocycles. The third-order valence-corrected chi connectivity index (χ3v) is 4.10. The van der Waals surface area contributed by atoms with Crippen LogP contribution in [0.2, 0.25) is 0 Å². The smallest absolute Gasteiger partial charge is 0.326 e. The topological polar surface area (TPSA) is 96.3 Å². The molecule has 0 aliphatic carbocycles. The molecule has 3 rings (SSSR count). The number of benzene rings is 2. The van der Waals surface area contributed by atoms with Crippen LogP contribution in [0.25, 0.3) is 11.0 Å². The van der Waals surface area contributed by atoms with Crippen LogP contribution in [0.15, 0.2) is 47.3 Å². The molecule has 2 aromatic carbocycles. The zero-order valence-electron chi connectivity index (χ0n) is 14.7. The van der Waals surface area contributed by atoms with Gasteiger partial charge in [-0.25, -0.2) is 4.79 Å². The van der Waals surface area contributed by atoms with E-state index in [2.05, 4.69) is 10.3 Å². The lowest BCUT2D eigenvalue weighted by Gasteiger charge is -2.13. The van der Waals surface area contributed by atoms with E-state index in [1.54, 1.807) is 25.2 Å². The summed E-state index contributed by atoms with van der Waals surface area (Å²) in [7, 11) is 1.66. The van der Waals surface area contributed by atoms with E-state index in [9.17, 15) is 14.7 Å². The van der Waals surface area contributed by atoms with Crippen molar-refractivity contribution in [2.45, 2.75) is 13.0 Å². The molecular formula is C19H21N3O4. The summed E-state index contributed by atoms with van der Waals surface area (Å²) in [6.07, 6.45) is -0.834. The van der Waals surface area contributed by atoms with Gasteiger partial charge in [-0.15, -0.1) is 0 Å². The van der Waals surface area contributed by atoms with Gasteiger partial charge in [-0.1, -0.05) is 12.1 Å². The van der Waals surface area contributed by atoms with Crippen LogP contribution in [0, 0.1) is 6.92 Å². The van der Waals surface area contributed by atoms with Crippen LogP contribution in [-0.2, 0) is 7.05 Å². The lowest BCUT2D eigenvalue weighted by atomic mass is 10.2. The summed E-state index contributed by atoms with van der Waals surface area (Å²) in [5, 5.41) is 12.7. The number of ether oxygens (including phenoxy) is 1. The fourth-order valence-corrected chi connectivity index (χ4v) is 2.65. The maximum absolute atomic E-state index is 12.2. The van der Waals surface area contributed by atoms with Crippen LogP contribution in [-0.4, -0.2) is 39.8 Å². The zero-order valence-corrected chi connectivity index (χ0v) is 14.7. The first-order chi connectivity index (χ1) is 12.4. The average Bonchev–Trinajstić information content (AvgIpc) is 2.91. The van der Waals surface area contributed by atoms with Gasteiger partial charge in [0.1, 0.15) is 18.5 Å². The average molecular weight is 355 g/mol. The predicted octanol–water partition coefficient (Wildman–Crippen LogP) is 1.34. The molecule has 0 fully saturated rings. The molecule has 1 heterocycles. The normalized spacial score (nSPS) is 12.1. The van der Waals surface area contributed by atoms with Gasteiger partial charge in [0, 0.05) is 19.2 Å². The first kappa shape index (κ1) is 17.8. The van der Waals surface area contributed by atoms with E-state index >= 15 is 0 Å². The number of hydrogen-bond acceptors (Lipinski definition) is 4. The van der Waals surface area contributed by atoms with Crippen molar-refractivity contribution in [3.8, 4) is 5.75 Å². The Labute approximate surface area is 150 Å². The molecule has 136 valence electrons. The summed E-state index contributed by atoms with van der Waals surface area (Å²) in [6.45, 7) is 2.10. The van der Waals surface area contributed by atoms with E-state index in [1.807, 2.05) is 31.2 Å². The highest BCUT2D eigenvalue weighted by Crippen LogP contribution is 2.13. The van der Waals surface area contributed by atoms with Crippen LogP contribution in [0.5, 0.6) is 5.75 Å². The van der Waals surface area contributed by atoms with Gasteiger partial charge < -0.3 is 20.1 Å². The van der Waals surface area contributed by atoms with Crippen LogP contribution < -0.4 is 15.7 Å². The molecule has 3 N–H and O–H groups in total. The maximum atomic E-state index is 12.2. The number of aromatic nitrogens is 2. The minimum Gasteiger partial charge on any atom is -0.491 e. The number of imidazole rings is 1. The second kappa shape index (κ2) is 7.45. The monoisotopic (exact) mass is 355 g/mol. The number of fused-ring (bicyclic) bond motifs is 1. The number of aryl methyl sites for hydroxylation is 2. The van der Waals surface area contributed by atoms with Gasteiger partial charge in [0.2, 0.25) is 0 Å². The molecule has 3 aromatic rings. The quantitative estimate of drug-likeness (QED) is 0.622. The molecule has 1 atom stereocenters. The molecule has 7 nitrogen and oxygen atoms in total. The molecule has 0 saturated carbocycles. The molecule has 0 aliphatic heterocycles. The Balaban J connectivity index is 1.55. The van der Waals surface area contributed by atoms with Crippen molar-refractivity contribution < 1.29 is 14.6 Å². The number of aliphatic hydroxyl groups is 1. The third kappa shape index (κ3) is 3.94. The molecule has 0 spiro atoms. The first-order valence-corrected chi connectivity index (χ1v) is 8.28. The van der Waals surface area contributed by atoms with Crippen molar-refractivity contribution in [3.63, 3.8) is 0 Å². The van der Waals surface area contributed by atoms with Crippen molar-refractivity contribution in [2.75, 3.05) is 13.2 Å². The van der Waals surface area contributed by atoms with Gasteiger partial charge in [0.15, 0.2) is 0 Å². The molecular weight excluding hydrogens is 334 g/mol. The SMILES string of the molecule is Cc1cccc(OC[C@H](O)CNC(=O)c2ccc3c(c2)[nH]c(=O)n3C)c1. The molecule has 1 amide bonds. The summed E-state index contributed by atoms with van der Waals surface area (Å²) in [4.78, 5) is 26.5. The summed E-state index contributed by atoms with van der Waals surface area (Å²) < 4.78 is 6.99. The largest absolute Gasteiger partial charge is 0.491 e. The number of aliphatic hydroxyl groups excluding tert-OH is 1. The number of aromatic amines is 1. The van der Waals surface area contributed by atoms with Crippen molar-refractivity contribution in [1.82, 2.24) is 14.9 Å². The summed E-state index contributed by atoms with van der Waals surface area (Å²) >= 11 is 0. The highest BCUT2D eigenvalue weighted by atomic mass is 16.5. The summed E-state index contributed by atoms with van der Waals surface area (Å²) in [5.41, 5.74) is 2.55. The Kier molecular flexibility index (Phi) is 5.09. The van der Waals surface area contributed by atoms with Gasteiger partial charge >= 0.3 is 5.69 Å². The molecule has 0 radical (unpaired) electrons. The number of rotatable bonds is 6. The third-order valence-electron chi connectivity index (χ3n) is 4.10. The van der Waals surface area contributed by atoms with Gasteiger partial charge in [-0.05, 0) is 42.8 Å². The van der Waals surface area contributed by atoms with Crippen LogP contribution in [0.1, 0.15) is 15.9 Å². The van der Waals surface area contributed by atoms with Gasteiger partial charge in [-0.3, -0.25) is 9.36 Å². The van der Waals surface area contributed by atoms with E-state index in [0.717, 1.165) is 11.1 Å². The predicted molar refractivity (Wildman–Crippen MR) is 98.6 cm³/mol. The van der Waals surface area contributed by atoms with E-state index in [0.29, 0.717) is 16.8 Å². The lowest BCUT2D eigenvalue weighted by Crippen LogP contribution is -2.35. The van der Waals surface area contributed by atoms with Crippen molar-refractivity contribution in [3.05, 3.63) is 64.1 Å². The van der Waals surface area contributed by atoms with Crippen LogP contribution in [0.3, 0.4) is 0 Å². The van der Waals surface area contributed by atoms with E-state index < -0.39 is 6.10 Å². The zero-order chi connectivity index (χ0) is 18.7. The molecule has 0 bridgehead atoms. The molecule has 0 saturated heterocycles. The van der Waals surface area contributed by atoms with Crippen LogP contribution in [0.4, 0.5) is 0 Å². The second-order valence-corrected chi connectivity index (χ2v) is 6.21. The fourth-order valence-electron chi connectivity index (χ4n) is 2.65. The number of H-pyrrole nitrogens is 1. The second-order valence-electron chi connectivity index (χ2n) is 6.21. The van der Waals surface area contributed by atoms with Gasteiger partial charge in [-0.2, -0.15) is 0 Å². The number of nitrogens with one attached hydrogen (secondary N) is 2. The van der Waals surface area contributed by atoms with Crippen LogP contribution >= 0.6 is 0 Å². The Morgan fingerprint density at radius 2 is 2.12 bits per heavy atom. The Morgan fingerprint density at radius 3 is 2.88 bits per heavy atom. The van der Waals surface area contributed by atoms with Gasteiger partial charge in [0.05, 0.1) is 11.0 Å².